The smallest absolute Gasteiger partial charge is 0.146 e. The fourth-order valence-electron chi connectivity index (χ4n) is 3.01. The number of hydrogen-bond acceptors (Lipinski definition) is 4. The van der Waals surface area contributed by atoms with E-state index in [1.807, 2.05) is 12.1 Å². The Kier molecular flexibility index (Phi) is 4.38. The molecule has 2 heterocycles. The second-order valence-corrected chi connectivity index (χ2v) is 5.81. The van der Waals surface area contributed by atoms with E-state index >= 15 is 0 Å². The van der Waals surface area contributed by atoms with Crippen LogP contribution in [0.1, 0.15) is 19.2 Å². The Labute approximate surface area is 130 Å². The normalized spacial score (nSPS) is 18.4. The van der Waals surface area contributed by atoms with Crippen molar-refractivity contribution in [2.75, 3.05) is 25.0 Å². The summed E-state index contributed by atoms with van der Waals surface area (Å²) in [6.07, 6.45) is 2.89. The molecule has 1 aliphatic rings. The van der Waals surface area contributed by atoms with Gasteiger partial charge < -0.3 is 9.47 Å². The van der Waals surface area contributed by atoms with Crippen LogP contribution in [0.5, 0.6) is 0 Å². The summed E-state index contributed by atoms with van der Waals surface area (Å²) >= 11 is 0. The average Bonchev–Trinajstić information content (AvgIpc) is 3.16. The van der Waals surface area contributed by atoms with Crippen LogP contribution in [0.25, 0.3) is 0 Å². The zero-order chi connectivity index (χ0) is 15.5. The topological polar surface area (TPSA) is 37.2 Å². The molecule has 1 aromatic heterocycles. The number of nitrogens with zero attached hydrogens (tertiary/aromatic N) is 5. The monoisotopic (exact) mass is 303 g/mol. The Hall–Kier alpha value is -1.95. The fourth-order valence-corrected chi connectivity index (χ4v) is 3.01. The van der Waals surface area contributed by atoms with Crippen molar-refractivity contribution >= 4 is 5.69 Å². The maximum absolute atomic E-state index is 13.0. The van der Waals surface area contributed by atoms with Gasteiger partial charge in [0, 0.05) is 31.4 Å². The van der Waals surface area contributed by atoms with E-state index in [1.54, 1.807) is 6.33 Å². The zero-order valence-corrected chi connectivity index (χ0v) is 13.1. The summed E-state index contributed by atoms with van der Waals surface area (Å²) in [4.78, 5) is 4.64. The number of likely N-dealkylation sites (N-methyl/N-ethyl adjacent to an activating group) is 1. The lowest BCUT2D eigenvalue weighted by Crippen LogP contribution is -2.34. The van der Waals surface area contributed by atoms with Crippen LogP contribution in [-0.4, -0.2) is 45.8 Å². The summed E-state index contributed by atoms with van der Waals surface area (Å²) in [6, 6.07) is 7.23. The highest BCUT2D eigenvalue weighted by Crippen LogP contribution is 2.23. The van der Waals surface area contributed by atoms with Crippen LogP contribution in [0.3, 0.4) is 0 Å². The third-order valence-corrected chi connectivity index (χ3v) is 4.41. The first-order valence-electron chi connectivity index (χ1n) is 7.75. The SMILES string of the molecule is CCn1cnnc1CN(C)[C@@H]1CCN(c2ccc(F)cc2)C1. The molecule has 0 aliphatic carbocycles. The first kappa shape index (κ1) is 15.0. The van der Waals surface area contributed by atoms with Crippen molar-refractivity contribution in [3.63, 3.8) is 0 Å². The lowest BCUT2D eigenvalue weighted by molar-refractivity contribution is 0.241. The highest BCUT2D eigenvalue weighted by Gasteiger charge is 2.26. The van der Waals surface area contributed by atoms with E-state index < -0.39 is 0 Å². The van der Waals surface area contributed by atoms with Crippen LogP contribution in [0, 0.1) is 5.82 Å². The van der Waals surface area contributed by atoms with E-state index in [0.717, 1.165) is 44.1 Å². The van der Waals surface area contributed by atoms with E-state index in [2.05, 4.69) is 38.5 Å². The minimum Gasteiger partial charge on any atom is -0.370 e. The van der Waals surface area contributed by atoms with Crippen molar-refractivity contribution in [1.29, 1.82) is 0 Å². The molecule has 0 spiro atoms. The van der Waals surface area contributed by atoms with E-state index in [9.17, 15) is 4.39 Å². The lowest BCUT2D eigenvalue weighted by Gasteiger charge is -2.25. The third kappa shape index (κ3) is 3.11. The number of benzene rings is 1. The number of aryl methyl sites for hydroxylation is 1. The zero-order valence-electron chi connectivity index (χ0n) is 13.1. The molecule has 1 aliphatic heterocycles. The molecule has 0 N–H and O–H groups in total. The van der Waals surface area contributed by atoms with Gasteiger partial charge in [0.1, 0.15) is 18.0 Å². The lowest BCUT2D eigenvalue weighted by atomic mass is 10.2. The molecule has 0 saturated carbocycles. The molecule has 1 saturated heterocycles. The van der Waals surface area contributed by atoms with Gasteiger partial charge in [-0.25, -0.2) is 4.39 Å². The molecule has 1 fully saturated rings. The van der Waals surface area contributed by atoms with Crippen LogP contribution >= 0.6 is 0 Å². The van der Waals surface area contributed by atoms with E-state index in [1.165, 1.54) is 12.1 Å². The molecule has 0 radical (unpaired) electrons. The summed E-state index contributed by atoms with van der Waals surface area (Å²) in [5.41, 5.74) is 1.09. The van der Waals surface area contributed by atoms with Gasteiger partial charge in [-0.3, -0.25) is 4.90 Å². The van der Waals surface area contributed by atoms with E-state index in [4.69, 9.17) is 0 Å². The van der Waals surface area contributed by atoms with Crippen molar-refractivity contribution < 1.29 is 4.39 Å². The van der Waals surface area contributed by atoms with Gasteiger partial charge in [0.05, 0.1) is 6.54 Å². The van der Waals surface area contributed by atoms with Gasteiger partial charge in [0.2, 0.25) is 0 Å². The molecule has 0 amide bonds. The van der Waals surface area contributed by atoms with Crippen molar-refractivity contribution in [3.05, 3.63) is 42.2 Å². The average molecular weight is 303 g/mol. The molecule has 118 valence electrons. The van der Waals surface area contributed by atoms with Gasteiger partial charge >= 0.3 is 0 Å². The molecule has 22 heavy (non-hydrogen) atoms. The Morgan fingerprint density at radius 1 is 1.32 bits per heavy atom. The van der Waals surface area contributed by atoms with Gasteiger partial charge in [-0.1, -0.05) is 0 Å². The van der Waals surface area contributed by atoms with Crippen molar-refractivity contribution in [2.45, 2.75) is 32.5 Å². The van der Waals surface area contributed by atoms with Gasteiger partial charge in [0.15, 0.2) is 0 Å². The first-order valence-corrected chi connectivity index (χ1v) is 7.75. The molecule has 2 aromatic rings. The minimum absolute atomic E-state index is 0.185. The summed E-state index contributed by atoms with van der Waals surface area (Å²) in [5.74, 6) is 0.820. The molecule has 1 atom stereocenters. The van der Waals surface area contributed by atoms with Gasteiger partial charge in [0.25, 0.3) is 0 Å². The van der Waals surface area contributed by atoms with Crippen LogP contribution in [0.15, 0.2) is 30.6 Å². The highest BCUT2D eigenvalue weighted by molar-refractivity contribution is 5.47. The van der Waals surface area contributed by atoms with Crippen LogP contribution < -0.4 is 4.90 Å². The standard InChI is InChI=1S/C16H22FN5/c1-3-21-12-18-19-16(21)11-20(2)15-8-9-22(10-15)14-6-4-13(17)5-7-14/h4-7,12,15H,3,8-11H2,1-2H3/t15-/m1/s1. The van der Waals surface area contributed by atoms with Gasteiger partial charge in [-0.2, -0.15) is 0 Å². The second-order valence-electron chi connectivity index (χ2n) is 5.81. The van der Waals surface area contributed by atoms with Crippen LogP contribution in [0.4, 0.5) is 10.1 Å². The van der Waals surface area contributed by atoms with Crippen molar-refractivity contribution in [3.8, 4) is 0 Å². The summed E-state index contributed by atoms with van der Waals surface area (Å²) < 4.78 is 15.1. The Balaban J connectivity index is 1.61. The predicted octanol–water partition coefficient (Wildman–Crippen LogP) is 2.15. The van der Waals surface area contributed by atoms with Crippen molar-refractivity contribution in [2.24, 2.45) is 0 Å². The van der Waals surface area contributed by atoms with Gasteiger partial charge in [-0.05, 0) is 44.7 Å². The third-order valence-electron chi connectivity index (χ3n) is 4.41. The summed E-state index contributed by atoms with van der Waals surface area (Å²) in [7, 11) is 2.13. The number of aromatic nitrogens is 3. The number of rotatable bonds is 5. The Morgan fingerprint density at radius 3 is 2.82 bits per heavy atom. The van der Waals surface area contributed by atoms with Crippen LogP contribution in [0.2, 0.25) is 0 Å². The van der Waals surface area contributed by atoms with E-state index in [-0.39, 0.29) is 5.82 Å². The number of hydrogen-bond donors (Lipinski definition) is 0. The Bertz CT molecular complexity index is 609. The molecular weight excluding hydrogens is 281 g/mol. The van der Waals surface area contributed by atoms with Crippen LogP contribution in [-0.2, 0) is 13.1 Å². The van der Waals surface area contributed by atoms with Crippen molar-refractivity contribution in [1.82, 2.24) is 19.7 Å². The maximum Gasteiger partial charge on any atom is 0.146 e. The molecule has 5 nitrogen and oxygen atoms in total. The molecule has 1 aromatic carbocycles. The Morgan fingerprint density at radius 2 is 2.09 bits per heavy atom. The highest BCUT2D eigenvalue weighted by atomic mass is 19.1. The molecule has 0 bridgehead atoms. The largest absolute Gasteiger partial charge is 0.370 e. The summed E-state index contributed by atoms with van der Waals surface area (Å²) in [5, 5.41) is 8.19. The molecule has 0 unspecified atom stereocenters. The minimum atomic E-state index is -0.185. The molecular formula is C16H22FN5. The number of halogens is 1. The number of anilines is 1. The van der Waals surface area contributed by atoms with E-state index in [0.29, 0.717) is 6.04 Å². The molecule has 3 rings (SSSR count). The summed E-state index contributed by atoms with van der Waals surface area (Å²) in [6.45, 7) is 5.75. The quantitative estimate of drug-likeness (QED) is 0.848. The van der Waals surface area contributed by atoms with Gasteiger partial charge in [-0.15, -0.1) is 10.2 Å². The maximum atomic E-state index is 13.0. The predicted molar refractivity (Wildman–Crippen MR) is 84.2 cm³/mol. The fraction of sp³-hybridized carbons (Fsp3) is 0.500. The molecule has 6 heteroatoms. The second kappa shape index (κ2) is 6.44. The first-order chi connectivity index (χ1) is 10.7.